The van der Waals surface area contributed by atoms with Gasteiger partial charge >= 0.3 is 11.8 Å². The number of rotatable bonds is 6. The van der Waals surface area contributed by atoms with Crippen molar-refractivity contribution in [2.45, 2.75) is 19.1 Å². The first kappa shape index (κ1) is 21.3. The molecule has 32 heavy (non-hydrogen) atoms. The normalized spacial score (nSPS) is 15.4. The number of carbonyl (C=O) groups excluding carboxylic acids is 2. The highest BCUT2D eigenvalue weighted by Gasteiger charge is 2.22. The van der Waals surface area contributed by atoms with Crippen molar-refractivity contribution in [3.8, 4) is 5.75 Å². The summed E-state index contributed by atoms with van der Waals surface area (Å²) in [4.78, 5) is 25.6. The highest BCUT2D eigenvalue weighted by molar-refractivity contribution is 6.39. The minimum absolute atomic E-state index is 0.0153. The number of amides is 2. The number of anilines is 1. The van der Waals surface area contributed by atoms with Crippen molar-refractivity contribution in [3.63, 3.8) is 0 Å². The lowest BCUT2D eigenvalue weighted by Crippen LogP contribution is -2.40. The third-order valence-electron chi connectivity index (χ3n) is 5.48. The zero-order chi connectivity index (χ0) is 22.7. The molecule has 3 aromatic carbocycles. The van der Waals surface area contributed by atoms with E-state index in [1.54, 1.807) is 30.3 Å². The van der Waals surface area contributed by atoms with Crippen LogP contribution in [0.15, 0.2) is 60.7 Å². The van der Waals surface area contributed by atoms with Crippen molar-refractivity contribution < 1.29 is 14.3 Å². The molecule has 1 saturated heterocycles. The molecule has 0 radical (unpaired) electrons. The van der Waals surface area contributed by atoms with Crippen molar-refractivity contribution in [1.29, 1.82) is 5.41 Å². The average Bonchev–Trinajstić information content (AvgIpc) is 3.30. The molecule has 1 atom stereocenters. The van der Waals surface area contributed by atoms with Crippen LogP contribution in [0.4, 0.5) is 5.69 Å². The first-order chi connectivity index (χ1) is 15.4. The number of primary amides is 1. The van der Waals surface area contributed by atoms with E-state index in [-0.39, 0.29) is 18.5 Å². The second-order valence-electron chi connectivity index (χ2n) is 7.79. The maximum absolute atomic E-state index is 12.6. The molecular weight excluding hydrogens is 406 g/mol. The number of nitrogens with zero attached hydrogens (tertiary/aromatic N) is 1. The topological polar surface area (TPSA) is 135 Å². The van der Waals surface area contributed by atoms with Gasteiger partial charge in [0.05, 0.1) is 6.54 Å². The Labute approximate surface area is 185 Å². The van der Waals surface area contributed by atoms with Crippen LogP contribution in [-0.2, 0) is 16.1 Å². The summed E-state index contributed by atoms with van der Waals surface area (Å²) in [7, 11) is 0. The van der Waals surface area contributed by atoms with E-state index in [0.717, 1.165) is 35.8 Å². The molecular formula is C24H25N5O3. The van der Waals surface area contributed by atoms with Gasteiger partial charge in [0.15, 0.2) is 0 Å². The third-order valence-corrected chi connectivity index (χ3v) is 5.48. The van der Waals surface area contributed by atoms with Gasteiger partial charge in [0.1, 0.15) is 17.7 Å². The summed E-state index contributed by atoms with van der Waals surface area (Å²) in [6.07, 6.45) is 1.07. The van der Waals surface area contributed by atoms with Crippen LogP contribution in [0, 0.1) is 5.41 Å². The van der Waals surface area contributed by atoms with Crippen LogP contribution in [-0.4, -0.2) is 36.8 Å². The fourth-order valence-corrected chi connectivity index (χ4v) is 3.78. The lowest BCUT2D eigenvalue weighted by Gasteiger charge is -2.22. The molecule has 1 unspecified atom stereocenters. The van der Waals surface area contributed by atoms with Gasteiger partial charge in [0.2, 0.25) is 0 Å². The van der Waals surface area contributed by atoms with E-state index in [1.807, 2.05) is 30.3 Å². The summed E-state index contributed by atoms with van der Waals surface area (Å²) in [5, 5.41) is 12.8. The van der Waals surface area contributed by atoms with Gasteiger partial charge < -0.3 is 21.5 Å². The van der Waals surface area contributed by atoms with Crippen LogP contribution in [0.25, 0.3) is 10.8 Å². The van der Waals surface area contributed by atoms with E-state index < -0.39 is 11.8 Å². The Balaban J connectivity index is 1.60. The van der Waals surface area contributed by atoms with Crippen molar-refractivity contribution in [2.75, 3.05) is 18.0 Å². The largest absolute Gasteiger partial charge is 0.489 e. The summed E-state index contributed by atoms with van der Waals surface area (Å²) in [6, 6.07) is 18.3. The van der Waals surface area contributed by atoms with Gasteiger partial charge in [-0.1, -0.05) is 24.3 Å². The Morgan fingerprint density at radius 1 is 1.03 bits per heavy atom. The molecule has 0 aromatic heterocycles. The highest BCUT2D eigenvalue weighted by atomic mass is 16.5. The molecule has 2 amide bonds. The molecule has 4 rings (SSSR count). The lowest BCUT2D eigenvalue weighted by molar-refractivity contribution is -0.135. The van der Waals surface area contributed by atoms with E-state index in [0.29, 0.717) is 17.0 Å². The zero-order valence-electron chi connectivity index (χ0n) is 17.5. The van der Waals surface area contributed by atoms with E-state index in [2.05, 4.69) is 5.32 Å². The summed E-state index contributed by atoms with van der Waals surface area (Å²) in [5.74, 6) is -1.13. The van der Waals surface area contributed by atoms with E-state index in [9.17, 15) is 9.59 Å². The number of fused-ring (bicyclic) bond motifs is 1. The lowest BCUT2D eigenvalue weighted by atomic mass is 10.0. The van der Waals surface area contributed by atoms with Crippen LogP contribution in [0.2, 0.25) is 0 Å². The van der Waals surface area contributed by atoms with Crippen LogP contribution in [0.1, 0.15) is 17.5 Å². The molecule has 8 heteroatoms. The van der Waals surface area contributed by atoms with Gasteiger partial charge in [-0.15, -0.1) is 0 Å². The summed E-state index contributed by atoms with van der Waals surface area (Å²) >= 11 is 0. The Morgan fingerprint density at radius 2 is 1.78 bits per heavy atom. The first-order valence-electron chi connectivity index (χ1n) is 10.4. The Bertz CT molecular complexity index is 1170. The molecule has 1 heterocycles. The van der Waals surface area contributed by atoms with E-state index >= 15 is 0 Å². The van der Waals surface area contributed by atoms with Gasteiger partial charge in [-0.2, -0.15) is 0 Å². The SMILES string of the molecule is N=C(N)c1ccc2ccc(CN(C(=O)C(N)=O)c3ccc(OC4CCNC4)cc3)cc2c1. The van der Waals surface area contributed by atoms with Gasteiger partial charge in [-0.05, 0) is 65.7 Å². The molecule has 3 aromatic rings. The molecule has 0 spiro atoms. The maximum Gasteiger partial charge on any atom is 0.316 e. The van der Waals surface area contributed by atoms with Gasteiger partial charge in [-0.25, -0.2) is 0 Å². The number of nitrogens with two attached hydrogens (primary N) is 2. The highest BCUT2D eigenvalue weighted by Crippen LogP contribution is 2.25. The number of amidine groups is 1. The van der Waals surface area contributed by atoms with Crippen molar-refractivity contribution >= 4 is 34.1 Å². The molecule has 1 fully saturated rings. The van der Waals surface area contributed by atoms with Crippen LogP contribution in [0.3, 0.4) is 0 Å². The van der Waals surface area contributed by atoms with Gasteiger partial charge in [0, 0.05) is 17.8 Å². The summed E-state index contributed by atoms with van der Waals surface area (Å²) < 4.78 is 5.93. The molecule has 0 saturated carbocycles. The van der Waals surface area contributed by atoms with Crippen LogP contribution in [0.5, 0.6) is 5.75 Å². The second-order valence-corrected chi connectivity index (χ2v) is 7.79. The zero-order valence-corrected chi connectivity index (χ0v) is 17.5. The standard InChI is InChI=1S/C24H25N5O3/c25-22(26)17-4-3-16-2-1-15(11-18(16)12-17)14-29(24(31)23(27)30)19-5-7-20(8-6-19)32-21-9-10-28-13-21/h1-8,11-12,21,28H,9-10,13-14H2,(H3,25,26)(H2,27,30). The van der Waals surface area contributed by atoms with Crippen molar-refractivity contribution in [2.24, 2.45) is 11.5 Å². The van der Waals surface area contributed by atoms with Crippen LogP contribution >= 0.6 is 0 Å². The first-order valence-corrected chi connectivity index (χ1v) is 10.4. The van der Waals surface area contributed by atoms with Gasteiger partial charge in [-0.3, -0.25) is 19.9 Å². The molecule has 8 nitrogen and oxygen atoms in total. The fraction of sp³-hybridized carbons (Fsp3) is 0.208. The number of hydrogen-bond donors (Lipinski definition) is 4. The molecule has 6 N–H and O–H groups in total. The van der Waals surface area contributed by atoms with Gasteiger partial charge in [0.25, 0.3) is 0 Å². The second kappa shape index (κ2) is 9.07. The molecule has 1 aliphatic heterocycles. The number of carbonyl (C=O) groups is 2. The number of hydrogen-bond acceptors (Lipinski definition) is 5. The summed E-state index contributed by atoms with van der Waals surface area (Å²) in [6.45, 7) is 1.90. The minimum atomic E-state index is -1.03. The number of benzene rings is 3. The molecule has 164 valence electrons. The number of ether oxygens (including phenoxy) is 1. The molecule has 0 bridgehead atoms. The smallest absolute Gasteiger partial charge is 0.316 e. The third kappa shape index (κ3) is 4.70. The fourth-order valence-electron chi connectivity index (χ4n) is 3.78. The number of nitrogen functional groups attached to an aromatic ring is 1. The Morgan fingerprint density at radius 3 is 2.44 bits per heavy atom. The van der Waals surface area contributed by atoms with E-state index in [1.165, 1.54) is 4.90 Å². The monoisotopic (exact) mass is 431 g/mol. The maximum atomic E-state index is 12.6. The summed E-state index contributed by atoms with van der Waals surface area (Å²) in [5.41, 5.74) is 12.9. The van der Waals surface area contributed by atoms with Crippen LogP contribution < -0.4 is 26.4 Å². The Kier molecular flexibility index (Phi) is 6.04. The predicted molar refractivity (Wildman–Crippen MR) is 124 cm³/mol. The molecule has 0 aliphatic carbocycles. The predicted octanol–water partition coefficient (Wildman–Crippen LogP) is 1.88. The quantitative estimate of drug-likeness (QED) is 0.269. The average molecular weight is 431 g/mol. The minimum Gasteiger partial charge on any atom is -0.489 e. The van der Waals surface area contributed by atoms with Crippen molar-refractivity contribution in [1.82, 2.24) is 5.32 Å². The number of nitrogens with one attached hydrogen (secondary N) is 2. The van der Waals surface area contributed by atoms with Crippen molar-refractivity contribution in [3.05, 3.63) is 71.8 Å². The Hall–Kier alpha value is -3.91. The molecule has 1 aliphatic rings. The van der Waals surface area contributed by atoms with E-state index in [4.69, 9.17) is 21.6 Å².